The molecule has 0 saturated carbocycles. The second-order valence-corrected chi connectivity index (χ2v) is 6.91. The second kappa shape index (κ2) is 6.97. The molecule has 3 rings (SSSR count). The molecular formula is C20H22N2O3. The van der Waals surface area contributed by atoms with Gasteiger partial charge in [-0.05, 0) is 29.8 Å². The molecule has 0 radical (unpaired) electrons. The molecule has 2 heterocycles. The molecular weight excluding hydrogens is 316 g/mol. The number of carbonyl (C=O) groups is 1. The van der Waals surface area contributed by atoms with Crippen LogP contribution in [0.1, 0.15) is 32.0 Å². The molecule has 0 bridgehead atoms. The van der Waals surface area contributed by atoms with Crippen molar-refractivity contribution >= 4 is 17.7 Å². The van der Waals surface area contributed by atoms with E-state index in [1.807, 2.05) is 12.1 Å². The predicted octanol–water partition coefficient (Wildman–Crippen LogP) is 3.80. The van der Waals surface area contributed by atoms with Gasteiger partial charge in [0, 0.05) is 35.1 Å². The number of hydrogen-bond acceptors (Lipinski definition) is 4. The van der Waals surface area contributed by atoms with Gasteiger partial charge in [0.05, 0.1) is 0 Å². The van der Waals surface area contributed by atoms with Gasteiger partial charge in [-0.15, -0.1) is 0 Å². The van der Waals surface area contributed by atoms with E-state index in [4.69, 9.17) is 9.47 Å². The van der Waals surface area contributed by atoms with Crippen molar-refractivity contribution in [3.05, 3.63) is 53.9 Å². The number of anilines is 1. The van der Waals surface area contributed by atoms with E-state index in [0.29, 0.717) is 30.4 Å². The Morgan fingerprint density at radius 3 is 2.56 bits per heavy atom. The Morgan fingerprint density at radius 2 is 1.88 bits per heavy atom. The van der Waals surface area contributed by atoms with Crippen LogP contribution in [0.2, 0.25) is 0 Å². The number of hydrogen-bond donors (Lipinski definition) is 1. The Bertz CT molecular complexity index is 790. The summed E-state index contributed by atoms with van der Waals surface area (Å²) >= 11 is 0. The summed E-state index contributed by atoms with van der Waals surface area (Å²) in [6.45, 7) is 7.41. The summed E-state index contributed by atoms with van der Waals surface area (Å²) in [6.07, 6.45) is 5.01. The lowest BCUT2D eigenvalue weighted by molar-refractivity contribution is -0.111. The summed E-state index contributed by atoms with van der Waals surface area (Å²) in [7, 11) is 0. The van der Waals surface area contributed by atoms with Gasteiger partial charge >= 0.3 is 0 Å². The van der Waals surface area contributed by atoms with Crippen LogP contribution in [0.5, 0.6) is 11.5 Å². The van der Waals surface area contributed by atoms with E-state index in [-0.39, 0.29) is 11.3 Å². The lowest BCUT2D eigenvalue weighted by Crippen LogP contribution is -2.16. The van der Waals surface area contributed by atoms with Crippen molar-refractivity contribution in [2.24, 2.45) is 0 Å². The van der Waals surface area contributed by atoms with Crippen LogP contribution in [0.15, 0.2) is 42.6 Å². The standard InChI is InChI=1S/C20H22N2O3/c1-20(2,3)18-8-4-14(13-21-18)5-9-19(23)22-15-6-7-16-17(12-15)25-11-10-24-16/h4-9,12-13H,10-11H2,1-3H3,(H,22,23)/b9-5+. The first kappa shape index (κ1) is 17.0. The zero-order valence-electron chi connectivity index (χ0n) is 14.7. The average Bonchev–Trinajstić information content (AvgIpc) is 2.59. The number of ether oxygens (including phenoxy) is 2. The van der Waals surface area contributed by atoms with E-state index in [1.165, 1.54) is 6.08 Å². The van der Waals surface area contributed by atoms with Crippen LogP contribution in [0.4, 0.5) is 5.69 Å². The summed E-state index contributed by atoms with van der Waals surface area (Å²) in [5.41, 5.74) is 2.58. The van der Waals surface area contributed by atoms with E-state index in [2.05, 4.69) is 31.1 Å². The third kappa shape index (κ3) is 4.38. The van der Waals surface area contributed by atoms with Crippen LogP contribution in [0, 0.1) is 0 Å². The van der Waals surface area contributed by atoms with Gasteiger partial charge in [0.2, 0.25) is 5.91 Å². The van der Waals surface area contributed by atoms with Crippen molar-refractivity contribution in [3.63, 3.8) is 0 Å². The van der Waals surface area contributed by atoms with Gasteiger partial charge in [-0.1, -0.05) is 26.8 Å². The van der Waals surface area contributed by atoms with E-state index >= 15 is 0 Å². The molecule has 5 heteroatoms. The Morgan fingerprint density at radius 1 is 1.12 bits per heavy atom. The van der Waals surface area contributed by atoms with E-state index < -0.39 is 0 Å². The lowest BCUT2D eigenvalue weighted by atomic mass is 9.91. The number of fused-ring (bicyclic) bond motifs is 1. The van der Waals surface area contributed by atoms with Gasteiger partial charge in [-0.2, -0.15) is 0 Å². The lowest BCUT2D eigenvalue weighted by Gasteiger charge is -2.18. The van der Waals surface area contributed by atoms with Gasteiger partial charge in [-0.3, -0.25) is 9.78 Å². The highest BCUT2D eigenvalue weighted by molar-refractivity contribution is 6.02. The monoisotopic (exact) mass is 338 g/mol. The first-order valence-corrected chi connectivity index (χ1v) is 8.27. The van der Waals surface area contributed by atoms with Crippen LogP contribution < -0.4 is 14.8 Å². The maximum Gasteiger partial charge on any atom is 0.248 e. The maximum atomic E-state index is 12.1. The number of aromatic nitrogens is 1. The Hall–Kier alpha value is -2.82. The Balaban J connectivity index is 1.63. The van der Waals surface area contributed by atoms with Gasteiger partial charge in [0.15, 0.2) is 11.5 Å². The normalized spacial score (nSPS) is 13.7. The van der Waals surface area contributed by atoms with Crippen LogP contribution in [0.3, 0.4) is 0 Å². The summed E-state index contributed by atoms with van der Waals surface area (Å²) in [5, 5.41) is 2.82. The van der Waals surface area contributed by atoms with Gasteiger partial charge in [-0.25, -0.2) is 0 Å². The SMILES string of the molecule is CC(C)(C)c1ccc(/C=C/C(=O)Nc2ccc3c(c2)OCCO3)cn1. The maximum absolute atomic E-state index is 12.1. The first-order valence-electron chi connectivity index (χ1n) is 8.27. The number of rotatable bonds is 3. The molecule has 1 aromatic carbocycles. The van der Waals surface area contributed by atoms with Crippen LogP contribution in [-0.4, -0.2) is 24.1 Å². The van der Waals surface area contributed by atoms with Crippen LogP contribution >= 0.6 is 0 Å². The Labute approximate surface area is 147 Å². The minimum absolute atomic E-state index is 0.0118. The largest absolute Gasteiger partial charge is 0.486 e. The molecule has 1 aliphatic rings. The molecule has 2 aromatic rings. The van der Waals surface area contributed by atoms with Gasteiger partial charge < -0.3 is 14.8 Å². The van der Waals surface area contributed by atoms with Gasteiger partial charge in [0.1, 0.15) is 13.2 Å². The van der Waals surface area contributed by atoms with E-state index in [9.17, 15) is 4.79 Å². The van der Waals surface area contributed by atoms with Crippen molar-refractivity contribution in [2.75, 3.05) is 18.5 Å². The predicted molar refractivity (Wildman–Crippen MR) is 98.0 cm³/mol. The molecule has 0 spiro atoms. The second-order valence-electron chi connectivity index (χ2n) is 6.91. The number of amides is 1. The van der Waals surface area contributed by atoms with Crippen LogP contribution in [-0.2, 0) is 10.2 Å². The number of pyridine rings is 1. The van der Waals surface area contributed by atoms with E-state index in [0.717, 1.165) is 11.3 Å². The third-order valence-electron chi connectivity index (χ3n) is 3.79. The zero-order chi connectivity index (χ0) is 17.9. The molecule has 0 fully saturated rings. The molecule has 1 N–H and O–H groups in total. The summed E-state index contributed by atoms with van der Waals surface area (Å²) in [4.78, 5) is 16.5. The molecule has 1 amide bonds. The number of carbonyl (C=O) groups excluding carboxylic acids is 1. The highest BCUT2D eigenvalue weighted by Crippen LogP contribution is 2.32. The van der Waals surface area contributed by atoms with Crippen molar-refractivity contribution in [1.29, 1.82) is 0 Å². The highest BCUT2D eigenvalue weighted by atomic mass is 16.6. The first-order chi connectivity index (χ1) is 11.9. The molecule has 0 unspecified atom stereocenters. The zero-order valence-corrected chi connectivity index (χ0v) is 14.7. The van der Waals surface area contributed by atoms with Crippen molar-refractivity contribution in [1.82, 2.24) is 4.98 Å². The molecule has 25 heavy (non-hydrogen) atoms. The fourth-order valence-corrected chi connectivity index (χ4v) is 2.42. The molecule has 5 nitrogen and oxygen atoms in total. The number of nitrogens with zero attached hydrogens (tertiary/aromatic N) is 1. The molecule has 130 valence electrons. The molecule has 1 aliphatic heterocycles. The smallest absolute Gasteiger partial charge is 0.248 e. The minimum atomic E-state index is -0.212. The van der Waals surface area contributed by atoms with Gasteiger partial charge in [0.25, 0.3) is 0 Å². The highest BCUT2D eigenvalue weighted by Gasteiger charge is 2.14. The summed E-state index contributed by atoms with van der Waals surface area (Å²) < 4.78 is 11.0. The quantitative estimate of drug-likeness (QED) is 0.865. The molecule has 0 aliphatic carbocycles. The third-order valence-corrected chi connectivity index (χ3v) is 3.79. The van der Waals surface area contributed by atoms with Crippen LogP contribution in [0.25, 0.3) is 6.08 Å². The number of benzene rings is 1. The molecule has 0 atom stereocenters. The van der Waals surface area contributed by atoms with Crippen molar-refractivity contribution < 1.29 is 14.3 Å². The van der Waals surface area contributed by atoms with Crippen molar-refractivity contribution in [2.45, 2.75) is 26.2 Å². The summed E-state index contributed by atoms with van der Waals surface area (Å²) in [6, 6.07) is 9.29. The summed E-state index contributed by atoms with van der Waals surface area (Å²) in [5.74, 6) is 1.14. The average molecular weight is 338 g/mol. The van der Waals surface area contributed by atoms with E-state index in [1.54, 1.807) is 30.5 Å². The fraction of sp³-hybridized carbons (Fsp3) is 0.300. The minimum Gasteiger partial charge on any atom is -0.486 e. The molecule has 1 aromatic heterocycles. The van der Waals surface area contributed by atoms with Crippen molar-refractivity contribution in [3.8, 4) is 11.5 Å². The number of nitrogens with one attached hydrogen (secondary N) is 1. The molecule has 0 saturated heterocycles. The topological polar surface area (TPSA) is 60.5 Å². The fourth-order valence-electron chi connectivity index (χ4n) is 2.42. The Kier molecular flexibility index (Phi) is 4.74.